The van der Waals surface area contributed by atoms with Crippen LogP contribution in [0.3, 0.4) is 0 Å². The summed E-state index contributed by atoms with van der Waals surface area (Å²) >= 11 is 2.69. The summed E-state index contributed by atoms with van der Waals surface area (Å²) in [5.41, 5.74) is 2.26. The third kappa shape index (κ3) is 4.97. The van der Waals surface area contributed by atoms with Crippen molar-refractivity contribution < 1.29 is 19.1 Å². The van der Waals surface area contributed by atoms with E-state index >= 15 is 0 Å². The topological polar surface area (TPSA) is 95.3 Å². The van der Waals surface area contributed by atoms with Crippen LogP contribution < -0.4 is 10.1 Å². The van der Waals surface area contributed by atoms with E-state index in [1.54, 1.807) is 7.11 Å². The van der Waals surface area contributed by atoms with Gasteiger partial charge in [-0.15, -0.1) is 21.5 Å². The zero-order valence-corrected chi connectivity index (χ0v) is 20.4. The summed E-state index contributed by atoms with van der Waals surface area (Å²) in [7, 11) is 2.96. The van der Waals surface area contributed by atoms with Gasteiger partial charge in [-0.25, -0.2) is 4.79 Å². The van der Waals surface area contributed by atoms with E-state index in [2.05, 4.69) is 15.5 Å². The maximum Gasteiger partial charge on any atom is 0.341 e. The average molecular weight is 475 g/mol. The Morgan fingerprint density at radius 1 is 1.16 bits per heavy atom. The summed E-state index contributed by atoms with van der Waals surface area (Å²) in [5.74, 6) is 0.973. The molecular formula is C22H26N4O4S2. The zero-order chi connectivity index (χ0) is 23.3. The fourth-order valence-electron chi connectivity index (χ4n) is 3.34. The zero-order valence-electron chi connectivity index (χ0n) is 18.7. The third-order valence-electron chi connectivity index (χ3n) is 4.92. The molecule has 0 saturated carbocycles. The molecule has 1 aromatic carbocycles. The highest BCUT2D eigenvalue weighted by Gasteiger charge is 2.23. The SMILES string of the molecule is CCc1c(C)sc(NC(=O)CSc2nnc(-c3ccc(OC)cc3)n2CC)c1C(=O)OC. The lowest BCUT2D eigenvalue weighted by Crippen LogP contribution is -2.16. The molecule has 8 nitrogen and oxygen atoms in total. The van der Waals surface area contributed by atoms with Gasteiger partial charge in [-0.2, -0.15) is 0 Å². The van der Waals surface area contributed by atoms with Gasteiger partial charge in [-0.05, 0) is 50.1 Å². The average Bonchev–Trinajstić information content (AvgIpc) is 3.36. The van der Waals surface area contributed by atoms with Gasteiger partial charge in [0.2, 0.25) is 5.91 Å². The molecule has 0 aliphatic rings. The molecule has 0 aliphatic carbocycles. The number of nitrogens with one attached hydrogen (secondary N) is 1. The minimum absolute atomic E-state index is 0.139. The maximum absolute atomic E-state index is 12.7. The Balaban J connectivity index is 1.73. The van der Waals surface area contributed by atoms with E-state index in [1.807, 2.05) is 49.6 Å². The Morgan fingerprint density at radius 3 is 2.47 bits per heavy atom. The van der Waals surface area contributed by atoms with Crippen LogP contribution in [-0.4, -0.2) is 46.6 Å². The van der Waals surface area contributed by atoms with E-state index in [-0.39, 0.29) is 11.7 Å². The minimum atomic E-state index is -0.441. The normalized spacial score (nSPS) is 10.8. The first kappa shape index (κ1) is 23.8. The van der Waals surface area contributed by atoms with Gasteiger partial charge in [0.05, 0.1) is 25.5 Å². The second-order valence-corrected chi connectivity index (χ2v) is 8.97. The first-order valence-corrected chi connectivity index (χ1v) is 11.9. The highest BCUT2D eigenvalue weighted by Crippen LogP contribution is 2.34. The molecule has 0 bridgehead atoms. The molecule has 0 fully saturated rings. The molecule has 1 amide bonds. The Hall–Kier alpha value is -2.85. The fraction of sp³-hybridized carbons (Fsp3) is 0.364. The Bertz CT molecular complexity index is 1110. The molecule has 2 aromatic heterocycles. The Kier molecular flexibility index (Phi) is 7.92. The molecular weight excluding hydrogens is 448 g/mol. The highest BCUT2D eigenvalue weighted by molar-refractivity contribution is 7.99. The van der Waals surface area contributed by atoms with Gasteiger partial charge in [0.1, 0.15) is 10.8 Å². The van der Waals surface area contributed by atoms with Gasteiger partial charge < -0.3 is 19.4 Å². The van der Waals surface area contributed by atoms with Crippen LogP contribution in [0.2, 0.25) is 0 Å². The van der Waals surface area contributed by atoms with Crippen LogP contribution in [0.1, 0.15) is 34.6 Å². The summed E-state index contributed by atoms with van der Waals surface area (Å²) in [5, 5.41) is 12.6. The van der Waals surface area contributed by atoms with Crippen molar-refractivity contribution >= 4 is 40.0 Å². The van der Waals surface area contributed by atoms with Crippen LogP contribution in [-0.2, 0) is 22.5 Å². The number of thioether (sulfide) groups is 1. The number of carbonyl (C=O) groups excluding carboxylic acids is 2. The molecule has 0 radical (unpaired) electrons. The molecule has 0 unspecified atom stereocenters. The van der Waals surface area contributed by atoms with Crippen LogP contribution in [0, 0.1) is 6.92 Å². The monoisotopic (exact) mass is 474 g/mol. The highest BCUT2D eigenvalue weighted by atomic mass is 32.2. The standard InChI is InChI=1S/C22H26N4O4S2/c1-6-16-13(3)32-20(18(16)21(28)30-5)23-17(27)12-31-22-25-24-19(26(22)7-2)14-8-10-15(29-4)11-9-14/h8-11H,6-7,12H2,1-5H3,(H,23,27). The number of nitrogens with zero attached hydrogens (tertiary/aromatic N) is 3. The number of ether oxygens (including phenoxy) is 2. The molecule has 0 atom stereocenters. The second kappa shape index (κ2) is 10.6. The van der Waals surface area contributed by atoms with Crippen molar-refractivity contribution in [2.75, 3.05) is 25.3 Å². The van der Waals surface area contributed by atoms with E-state index in [0.29, 0.717) is 28.7 Å². The molecule has 0 aliphatic heterocycles. The Labute approximate surface area is 195 Å². The number of benzene rings is 1. The predicted molar refractivity (Wildman–Crippen MR) is 127 cm³/mol. The number of carbonyl (C=O) groups is 2. The van der Waals surface area contributed by atoms with Crippen LogP contribution in [0.25, 0.3) is 11.4 Å². The summed E-state index contributed by atoms with van der Waals surface area (Å²) in [6, 6.07) is 7.59. The van der Waals surface area contributed by atoms with E-state index in [0.717, 1.165) is 27.6 Å². The molecule has 0 saturated heterocycles. The van der Waals surface area contributed by atoms with Crippen LogP contribution >= 0.6 is 23.1 Å². The summed E-state index contributed by atoms with van der Waals surface area (Å²) in [4.78, 5) is 25.9. The van der Waals surface area contributed by atoms with Crippen molar-refractivity contribution in [2.45, 2.75) is 38.9 Å². The third-order valence-corrected chi connectivity index (χ3v) is 6.95. The van der Waals surface area contributed by atoms with Gasteiger partial charge in [-0.3, -0.25) is 4.79 Å². The van der Waals surface area contributed by atoms with Crippen LogP contribution in [0.4, 0.5) is 5.00 Å². The number of aryl methyl sites for hydroxylation is 1. The minimum Gasteiger partial charge on any atom is -0.497 e. The quantitative estimate of drug-likeness (QED) is 0.362. The first-order chi connectivity index (χ1) is 15.4. The van der Waals surface area contributed by atoms with Gasteiger partial charge in [-0.1, -0.05) is 18.7 Å². The Morgan fingerprint density at radius 2 is 1.88 bits per heavy atom. The van der Waals surface area contributed by atoms with Crippen molar-refractivity contribution in [3.8, 4) is 17.1 Å². The molecule has 0 spiro atoms. The number of methoxy groups -OCH3 is 2. The summed E-state index contributed by atoms with van der Waals surface area (Å²) < 4.78 is 12.1. The van der Waals surface area contributed by atoms with E-state index in [9.17, 15) is 9.59 Å². The number of anilines is 1. The van der Waals surface area contributed by atoms with Crippen molar-refractivity contribution in [1.82, 2.24) is 14.8 Å². The number of amides is 1. The van der Waals surface area contributed by atoms with Gasteiger partial charge in [0.25, 0.3) is 0 Å². The largest absolute Gasteiger partial charge is 0.497 e. The number of aromatic nitrogens is 3. The van der Waals surface area contributed by atoms with E-state index < -0.39 is 5.97 Å². The fourth-order valence-corrected chi connectivity index (χ4v) is 5.29. The maximum atomic E-state index is 12.7. The molecule has 3 aromatic rings. The predicted octanol–water partition coefficient (Wildman–Crippen LogP) is 4.42. The summed E-state index contributed by atoms with van der Waals surface area (Å²) in [6.45, 7) is 6.57. The second-order valence-electron chi connectivity index (χ2n) is 6.80. The lowest BCUT2D eigenvalue weighted by atomic mass is 10.1. The number of hydrogen-bond acceptors (Lipinski definition) is 8. The molecule has 170 valence electrons. The number of rotatable bonds is 9. The molecule has 1 N–H and O–H groups in total. The number of esters is 1. The summed E-state index contributed by atoms with van der Waals surface area (Å²) in [6.07, 6.45) is 0.686. The first-order valence-electron chi connectivity index (χ1n) is 10.1. The molecule has 3 rings (SSSR count). The number of thiophene rings is 1. The van der Waals surface area contributed by atoms with Crippen LogP contribution in [0.5, 0.6) is 5.75 Å². The molecule has 32 heavy (non-hydrogen) atoms. The molecule has 10 heteroatoms. The van der Waals surface area contributed by atoms with Gasteiger partial charge in [0.15, 0.2) is 11.0 Å². The van der Waals surface area contributed by atoms with E-state index in [1.165, 1.54) is 30.2 Å². The van der Waals surface area contributed by atoms with Gasteiger partial charge in [0, 0.05) is 17.0 Å². The van der Waals surface area contributed by atoms with Crippen molar-refractivity contribution in [3.63, 3.8) is 0 Å². The van der Waals surface area contributed by atoms with Gasteiger partial charge >= 0.3 is 5.97 Å². The molecule has 2 heterocycles. The van der Waals surface area contributed by atoms with Crippen molar-refractivity contribution in [1.29, 1.82) is 0 Å². The smallest absolute Gasteiger partial charge is 0.341 e. The lowest BCUT2D eigenvalue weighted by molar-refractivity contribution is -0.113. The van der Waals surface area contributed by atoms with E-state index in [4.69, 9.17) is 9.47 Å². The van der Waals surface area contributed by atoms with Crippen LogP contribution in [0.15, 0.2) is 29.4 Å². The lowest BCUT2D eigenvalue weighted by Gasteiger charge is -2.09. The van der Waals surface area contributed by atoms with Crippen molar-refractivity contribution in [3.05, 3.63) is 40.3 Å². The number of hydrogen-bond donors (Lipinski definition) is 1. The van der Waals surface area contributed by atoms with Crippen molar-refractivity contribution in [2.24, 2.45) is 0 Å².